The highest BCUT2D eigenvalue weighted by Gasteiger charge is 2.12. The highest BCUT2D eigenvalue weighted by molar-refractivity contribution is 6.29. The third-order valence-electron chi connectivity index (χ3n) is 2.59. The number of aromatic nitrogens is 3. The maximum atomic E-state index is 12.2. The van der Waals surface area contributed by atoms with Crippen LogP contribution in [0.15, 0.2) is 24.4 Å². The summed E-state index contributed by atoms with van der Waals surface area (Å²) in [5, 5.41) is 7.29. The first-order chi connectivity index (χ1) is 8.97. The van der Waals surface area contributed by atoms with Crippen molar-refractivity contribution in [1.29, 1.82) is 0 Å². The summed E-state index contributed by atoms with van der Waals surface area (Å²) in [6.07, 6.45) is 1.65. The Labute approximate surface area is 116 Å². The van der Waals surface area contributed by atoms with E-state index >= 15 is 0 Å². The molecule has 5 nitrogen and oxygen atoms in total. The lowest BCUT2D eigenvalue weighted by molar-refractivity contribution is 0.102. The van der Waals surface area contributed by atoms with E-state index in [0.29, 0.717) is 22.2 Å². The number of nitrogens with one attached hydrogen (secondary N) is 1. The van der Waals surface area contributed by atoms with Gasteiger partial charge in [0.2, 0.25) is 0 Å². The third kappa shape index (κ3) is 3.12. The lowest BCUT2D eigenvalue weighted by Gasteiger charge is -2.12. The second-order valence-electron chi connectivity index (χ2n) is 4.53. The Hall–Kier alpha value is -1.88. The van der Waals surface area contributed by atoms with Crippen molar-refractivity contribution in [3.8, 4) is 0 Å². The second kappa shape index (κ2) is 5.40. The molecule has 0 bridgehead atoms. The number of aryl methyl sites for hydroxylation is 1. The van der Waals surface area contributed by atoms with Gasteiger partial charge in [0.25, 0.3) is 5.91 Å². The summed E-state index contributed by atoms with van der Waals surface area (Å²) in [7, 11) is 0. The monoisotopic (exact) mass is 278 g/mol. The first-order valence-electron chi connectivity index (χ1n) is 5.96. The number of rotatable bonds is 3. The van der Waals surface area contributed by atoms with Gasteiger partial charge in [0.05, 0.1) is 6.20 Å². The topological polar surface area (TPSA) is 59.8 Å². The number of halogens is 1. The van der Waals surface area contributed by atoms with Gasteiger partial charge in [-0.1, -0.05) is 11.6 Å². The molecule has 0 aliphatic heterocycles. The Balaban J connectivity index is 2.23. The van der Waals surface area contributed by atoms with E-state index in [1.54, 1.807) is 36.0 Å². The number of hydrogen-bond acceptors (Lipinski definition) is 3. The molecule has 0 saturated heterocycles. The number of hydrogen-bond donors (Lipinski definition) is 1. The molecule has 0 radical (unpaired) electrons. The van der Waals surface area contributed by atoms with Crippen molar-refractivity contribution in [2.24, 2.45) is 0 Å². The Morgan fingerprint density at radius 1 is 1.42 bits per heavy atom. The molecule has 0 fully saturated rings. The van der Waals surface area contributed by atoms with Crippen LogP contribution in [-0.4, -0.2) is 20.7 Å². The van der Waals surface area contributed by atoms with Gasteiger partial charge in [0, 0.05) is 23.4 Å². The summed E-state index contributed by atoms with van der Waals surface area (Å²) in [5.41, 5.74) is 1.18. The van der Waals surface area contributed by atoms with E-state index < -0.39 is 0 Å². The van der Waals surface area contributed by atoms with E-state index in [1.165, 1.54) is 0 Å². The molecule has 0 spiro atoms. The minimum Gasteiger partial charge on any atom is -0.307 e. The lowest BCUT2D eigenvalue weighted by Crippen LogP contribution is -2.17. The molecule has 0 unspecified atom stereocenters. The summed E-state index contributed by atoms with van der Waals surface area (Å²) in [5.74, 6) is 0.431. The van der Waals surface area contributed by atoms with Crippen molar-refractivity contribution in [2.45, 2.75) is 26.8 Å². The summed E-state index contributed by atoms with van der Waals surface area (Å²) >= 11 is 5.85. The van der Waals surface area contributed by atoms with Crippen molar-refractivity contribution in [2.75, 3.05) is 5.32 Å². The van der Waals surface area contributed by atoms with Gasteiger partial charge < -0.3 is 5.32 Å². The zero-order valence-electron chi connectivity index (χ0n) is 11.0. The van der Waals surface area contributed by atoms with Crippen molar-refractivity contribution in [3.05, 3.63) is 40.8 Å². The Bertz CT molecular complexity index is 586. The van der Waals surface area contributed by atoms with E-state index in [1.807, 2.05) is 13.8 Å². The van der Waals surface area contributed by atoms with Gasteiger partial charge >= 0.3 is 0 Å². The van der Waals surface area contributed by atoms with Crippen LogP contribution in [0.25, 0.3) is 0 Å². The summed E-state index contributed by atoms with van der Waals surface area (Å²) in [6.45, 7) is 5.78. The average Bonchev–Trinajstić information content (AvgIpc) is 2.75. The van der Waals surface area contributed by atoms with E-state index in [0.717, 1.165) is 0 Å². The number of anilines is 1. The normalized spacial score (nSPS) is 10.8. The van der Waals surface area contributed by atoms with Crippen LogP contribution in [0.4, 0.5) is 5.82 Å². The first-order valence-corrected chi connectivity index (χ1v) is 6.34. The zero-order chi connectivity index (χ0) is 14.0. The Morgan fingerprint density at radius 2 is 2.16 bits per heavy atom. The number of pyridine rings is 1. The van der Waals surface area contributed by atoms with Crippen molar-refractivity contribution in [1.82, 2.24) is 14.8 Å². The fourth-order valence-electron chi connectivity index (χ4n) is 1.77. The van der Waals surface area contributed by atoms with E-state index in [4.69, 9.17) is 11.6 Å². The molecule has 2 aromatic heterocycles. The van der Waals surface area contributed by atoms with Crippen molar-refractivity contribution >= 4 is 23.3 Å². The third-order valence-corrected chi connectivity index (χ3v) is 2.78. The van der Waals surface area contributed by atoms with Crippen molar-refractivity contribution < 1.29 is 4.79 Å². The molecule has 0 aromatic carbocycles. The SMILES string of the molecule is Cc1cc(C(=O)Nc2ccnn2C(C)C)cc(Cl)n1. The maximum absolute atomic E-state index is 12.2. The molecule has 0 saturated carbocycles. The number of amides is 1. The molecule has 0 aliphatic carbocycles. The zero-order valence-corrected chi connectivity index (χ0v) is 11.8. The standard InChI is InChI=1S/C13H15ClN4O/c1-8(2)18-12(4-5-15-18)17-13(19)10-6-9(3)16-11(14)7-10/h4-8H,1-3H3,(H,17,19). The van der Waals surface area contributed by atoms with Crippen LogP contribution in [-0.2, 0) is 0 Å². The van der Waals surface area contributed by atoms with Gasteiger partial charge in [0.1, 0.15) is 11.0 Å². The van der Waals surface area contributed by atoms with Gasteiger partial charge in [-0.25, -0.2) is 9.67 Å². The summed E-state index contributed by atoms with van der Waals surface area (Å²) < 4.78 is 1.74. The largest absolute Gasteiger partial charge is 0.307 e. The molecule has 19 heavy (non-hydrogen) atoms. The molecule has 0 atom stereocenters. The van der Waals surface area contributed by atoms with Crippen molar-refractivity contribution in [3.63, 3.8) is 0 Å². The number of nitrogens with zero attached hydrogens (tertiary/aromatic N) is 3. The van der Waals surface area contributed by atoms with Crippen LogP contribution in [0.1, 0.15) is 35.9 Å². The molecule has 0 aliphatic rings. The average molecular weight is 279 g/mol. The first kappa shape index (κ1) is 13.5. The highest BCUT2D eigenvalue weighted by atomic mass is 35.5. The van der Waals surface area contributed by atoms with Gasteiger partial charge in [-0.05, 0) is 32.9 Å². The molecule has 6 heteroatoms. The number of carbonyl (C=O) groups excluding carboxylic acids is 1. The minimum atomic E-state index is -0.227. The van der Waals surface area contributed by atoms with Crippen LogP contribution in [0, 0.1) is 6.92 Å². The fraction of sp³-hybridized carbons (Fsp3) is 0.308. The van der Waals surface area contributed by atoms with Gasteiger partial charge in [0.15, 0.2) is 0 Å². The van der Waals surface area contributed by atoms with Gasteiger partial charge in [-0.3, -0.25) is 4.79 Å². The van der Waals surface area contributed by atoms with Crippen LogP contribution in [0.5, 0.6) is 0 Å². The van der Waals surface area contributed by atoms with E-state index in [-0.39, 0.29) is 11.9 Å². The van der Waals surface area contributed by atoms with Crippen LogP contribution < -0.4 is 5.32 Å². The summed E-state index contributed by atoms with van der Waals surface area (Å²) in [4.78, 5) is 16.2. The van der Waals surface area contributed by atoms with Crippen LogP contribution in [0.2, 0.25) is 5.15 Å². The smallest absolute Gasteiger partial charge is 0.256 e. The lowest BCUT2D eigenvalue weighted by atomic mass is 10.2. The molecular formula is C13H15ClN4O. The Morgan fingerprint density at radius 3 is 2.79 bits per heavy atom. The fourth-order valence-corrected chi connectivity index (χ4v) is 2.02. The number of carbonyl (C=O) groups is 1. The van der Waals surface area contributed by atoms with Crippen LogP contribution >= 0.6 is 11.6 Å². The summed E-state index contributed by atoms with van der Waals surface area (Å²) in [6, 6.07) is 5.17. The molecule has 2 aromatic rings. The predicted octanol–water partition coefficient (Wildman–Crippen LogP) is 3.07. The molecule has 100 valence electrons. The van der Waals surface area contributed by atoms with Crippen LogP contribution in [0.3, 0.4) is 0 Å². The maximum Gasteiger partial charge on any atom is 0.256 e. The van der Waals surface area contributed by atoms with E-state index in [2.05, 4.69) is 15.4 Å². The van der Waals surface area contributed by atoms with E-state index in [9.17, 15) is 4.79 Å². The quantitative estimate of drug-likeness (QED) is 0.878. The molecule has 1 amide bonds. The predicted molar refractivity (Wildman–Crippen MR) is 74.5 cm³/mol. The second-order valence-corrected chi connectivity index (χ2v) is 4.92. The molecule has 2 rings (SSSR count). The minimum absolute atomic E-state index is 0.174. The van der Waals surface area contributed by atoms with Gasteiger partial charge in [-0.15, -0.1) is 0 Å². The van der Waals surface area contributed by atoms with Gasteiger partial charge in [-0.2, -0.15) is 5.10 Å². The Kier molecular flexibility index (Phi) is 3.85. The molecule has 1 N–H and O–H groups in total. The highest BCUT2D eigenvalue weighted by Crippen LogP contribution is 2.16. The molecular weight excluding hydrogens is 264 g/mol. The molecule has 2 heterocycles.